The lowest BCUT2D eigenvalue weighted by molar-refractivity contribution is -0.130. The van der Waals surface area contributed by atoms with Crippen LogP contribution in [0.3, 0.4) is 0 Å². The number of fused-ring (bicyclic) bond motifs is 1. The van der Waals surface area contributed by atoms with Crippen molar-refractivity contribution in [3.05, 3.63) is 76.1 Å². The minimum absolute atomic E-state index is 0.0542. The molecule has 1 aliphatic rings. The summed E-state index contributed by atoms with van der Waals surface area (Å²) in [5.74, 6) is -2.89. The number of rotatable bonds is 19. The molecule has 0 saturated heterocycles. The molecule has 1 aromatic heterocycles. The summed E-state index contributed by atoms with van der Waals surface area (Å²) in [5.41, 5.74) is 3.36. The van der Waals surface area contributed by atoms with E-state index < -0.39 is 29.8 Å². The third-order valence-electron chi connectivity index (χ3n) is 9.38. The number of carbonyl (C=O) groups is 4. The fraction of sp³-hybridized carbons (Fsp3) is 0.513. The number of amides is 2. The molecule has 10 heteroatoms. The summed E-state index contributed by atoms with van der Waals surface area (Å²) in [6, 6.07) is 10.9. The van der Waals surface area contributed by atoms with Crippen molar-refractivity contribution in [2.45, 2.75) is 117 Å². The molecule has 264 valence electrons. The van der Waals surface area contributed by atoms with Crippen LogP contribution in [-0.2, 0) is 20.7 Å². The largest absolute Gasteiger partial charge is 0.478 e. The van der Waals surface area contributed by atoms with Crippen molar-refractivity contribution in [2.24, 2.45) is 0 Å². The van der Waals surface area contributed by atoms with Crippen LogP contribution in [0.5, 0.6) is 0 Å². The van der Waals surface area contributed by atoms with Gasteiger partial charge >= 0.3 is 11.9 Å². The van der Waals surface area contributed by atoms with E-state index in [1.807, 2.05) is 24.3 Å². The maximum atomic E-state index is 14.1. The first-order valence-electron chi connectivity index (χ1n) is 17.9. The SMILES string of the molecule is CCCCCCCCCCCCCCOC(=O)c1ccc(C)c(NC(=O)C(C(=O)N2CCc3ccccc32)n2nc(C)c(C(=O)O)c2C)c1. The number of para-hydroxylation sites is 1. The topological polar surface area (TPSA) is 131 Å². The Labute approximate surface area is 290 Å². The second-order valence-corrected chi connectivity index (χ2v) is 13.1. The molecule has 1 atom stereocenters. The van der Waals surface area contributed by atoms with Crippen molar-refractivity contribution in [3.8, 4) is 0 Å². The zero-order chi connectivity index (χ0) is 35.3. The molecule has 1 aliphatic heterocycles. The average molecular weight is 673 g/mol. The fourth-order valence-electron chi connectivity index (χ4n) is 6.54. The first-order valence-corrected chi connectivity index (χ1v) is 17.9. The number of unbranched alkanes of at least 4 members (excludes halogenated alkanes) is 11. The number of carboxylic acids is 1. The number of ether oxygens (including phenoxy) is 1. The molecule has 3 aromatic rings. The molecule has 1 unspecified atom stereocenters. The summed E-state index contributed by atoms with van der Waals surface area (Å²) in [6.45, 7) is 7.80. The number of hydrogen-bond donors (Lipinski definition) is 2. The summed E-state index contributed by atoms with van der Waals surface area (Å²) >= 11 is 0. The molecule has 2 N–H and O–H groups in total. The highest BCUT2D eigenvalue weighted by molar-refractivity contribution is 6.14. The van der Waals surface area contributed by atoms with Crippen LogP contribution in [0.1, 0.15) is 133 Å². The minimum Gasteiger partial charge on any atom is -0.478 e. The molecule has 2 heterocycles. The molecule has 2 amide bonds. The Bertz CT molecular complexity index is 1610. The van der Waals surface area contributed by atoms with E-state index >= 15 is 0 Å². The van der Waals surface area contributed by atoms with Crippen molar-refractivity contribution < 1.29 is 29.0 Å². The molecule has 0 aliphatic carbocycles. The lowest BCUT2D eigenvalue weighted by atomic mass is 10.1. The van der Waals surface area contributed by atoms with Crippen LogP contribution in [0.25, 0.3) is 0 Å². The van der Waals surface area contributed by atoms with Gasteiger partial charge in [0.05, 0.1) is 23.6 Å². The Morgan fingerprint density at radius 2 is 1.51 bits per heavy atom. The number of hydrogen-bond acceptors (Lipinski definition) is 6. The Hall–Kier alpha value is -4.47. The van der Waals surface area contributed by atoms with Gasteiger partial charge in [0.25, 0.3) is 11.8 Å². The number of benzene rings is 2. The quantitative estimate of drug-likeness (QED) is 0.0747. The molecular formula is C39H52N4O6. The van der Waals surface area contributed by atoms with Crippen molar-refractivity contribution in [1.82, 2.24) is 9.78 Å². The van der Waals surface area contributed by atoms with E-state index in [-0.39, 0.29) is 22.5 Å². The Morgan fingerprint density at radius 3 is 2.14 bits per heavy atom. The summed E-state index contributed by atoms with van der Waals surface area (Å²) < 4.78 is 6.74. The van der Waals surface area contributed by atoms with Gasteiger partial charge in [0.1, 0.15) is 5.56 Å². The Kier molecular flexibility index (Phi) is 14.0. The van der Waals surface area contributed by atoms with Crippen LogP contribution in [-0.4, -0.2) is 51.8 Å². The second-order valence-electron chi connectivity index (χ2n) is 13.1. The summed E-state index contributed by atoms with van der Waals surface area (Å²) in [6.07, 6.45) is 15.3. The second kappa shape index (κ2) is 18.3. The van der Waals surface area contributed by atoms with Crippen LogP contribution >= 0.6 is 0 Å². The van der Waals surface area contributed by atoms with Gasteiger partial charge in [-0.1, -0.05) is 102 Å². The van der Waals surface area contributed by atoms with E-state index in [0.717, 1.165) is 24.8 Å². The summed E-state index contributed by atoms with van der Waals surface area (Å²) in [7, 11) is 0. The first kappa shape index (κ1) is 37.4. The van der Waals surface area contributed by atoms with Crippen LogP contribution in [0, 0.1) is 20.8 Å². The zero-order valence-electron chi connectivity index (χ0n) is 29.6. The first-order chi connectivity index (χ1) is 23.6. The number of carboxylic acid groups (broad SMARTS) is 1. The van der Waals surface area contributed by atoms with Gasteiger partial charge in [-0.25, -0.2) is 14.3 Å². The lowest BCUT2D eigenvalue weighted by Gasteiger charge is -2.25. The number of esters is 1. The number of nitrogens with zero attached hydrogens (tertiary/aromatic N) is 3. The van der Waals surface area contributed by atoms with E-state index in [9.17, 15) is 24.3 Å². The molecular weight excluding hydrogens is 620 g/mol. The third-order valence-corrected chi connectivity index (χ3v) is 9.38. The number of carbonyl (C=O) groups excluding carboxylic acids is 3. The molecule has 10 nitrogen and oxygen atoms in total. The maximum absolute atomic E-state index is 14.1. The van der Waals surface area contributed by atoms with Crippen molar-refractivity contribution in [3.63, 3.8) is 0 Å². The van der Waals surface area contributed by atoms with Gasteiger partial charge < -0.3 is 20.1 Å². The van der Waals surface area contributed by atoms with Crippen LogP contribution in [0.2, 0.25) is 0 Å². The van der Waals surface area contributed by atoms with E-state index in [2.05, 4.69) is 17.3 Å². The predicted molar refractivity (Wildman–Crippen MR) is 191 cm³/mol. The summed E-state index contributed by atoms with van der Waals surface area (Å²) in [4.78, 5) is 54.6. The molecule has 2 aromatic carbocycles. The fourth-order valence-corrected chi connectivity index (χ4v) is 6.54. The minimum atomic E-state index is -1.49. The standard InChI is InChI=1S/C39H52N4O6/c1-5-6-7-8-9-10-11-12-13-14-15-18-25-49-39(48)31-22-21-27(2)32(26-31)40-36(44)35(43-29(4)34(38(46)47)28(3)41-43)37(45)42-24-23-30-19-16-17-20-33(30)42/h16-17,19-22,26,35H,5-15,18,23-25H2,1-4H3,(H,40,44)(H,46,47). The number of aromatic nitrogens is 2. The number of aryl methyl sites for hydroxylation is 2. The zero-order valence-corrected chi connectivity index (χ0v) is 29.6. The molecule has 0 radical (unpaired) electrons. The molecule has 0 saturated carbocycles. The van der Waals surface area contributed by atoms with Crippen LogP contribution in [0.4, 0.5) is 11.4 Å². The molecule has 49 heavy (non-hydrogen) atoms. The highest BCUT2D eigenvalue weighted by Gasteiger charge is 2.38. The highest BCUT2D eigenvalue weighted by Crippen LogP contribution is 2.31. The van der Waals surface area contributed by atoms with E-state index in [0.29, 0.717) is 36.5 Å². The molecule has 0 fully saturated rings. The summed E-state index contributed by atoms with van der Waals surface area (Å²) in [5, 5.41) is 17.0. The van der Waals surface area contributed by atoms with E-state index in [1.165, 1.54) is 76.3 Å². The van der Waals surface area contributed by atoms with Gasteiger partial charge in [-0.3, -0.25) is 9.59 Å². The molecule has 0 bridgehead atoms. The van der Waals surface area contributed by atoms with Gasteiger partial charge in [0, 0.05) is 17.9 Å². The number of aromatic carboxylic acids is 1. The Morgan fingerprint density at radius 1 is 0.878 bits per heavy atom. The van der Waals surface area contributed by atoms with Crippen molar-refractivity contribution >= 4 is 35.1 Å². The van der Waals surface area contributed by atoms with Gasteiger partial charge in [-0.15, -0.1) is 0 Å². The van der Waals surface area contributed by atoms with Gasteiger partial charge in [0.2, 0.25) is 6.04 Å². The molecule has 0 spiro atoms. The smallest absolute Gasteiger partial charge is 0.339 e. The van der Waals surface area contributed by atoms with E-state index in [4.69, 9.17) is 4.74 Å². The van der Waals surface area contributed by atoms with Crippen molar-refractivity contribution in [2.75, 3.05) is 23.4 Å². The average Bonchev–Trinajstić information content (AvgIpc) is 3.64. The third kappa shape index (κ3) is 9.80. The van der Waals surface area contributed by atoms with Gasteiger partial charge in [-0.2, -0.15) is 5.10 Å². The predicted octanol–water partition coefficient (Wildman–Crippen LogP) is 8.13. The normalized spacial score (nSPS) is 12.9. The Balaban J connectivity index is 1.37. The van der Waals surface area contributed by atoms with E-state index in [1.54, 1.807) is 30.0 Å². The van der Waals surface area contributed by atoms with Gasteiger partial charge in [0.15, 0.2) is 0 Å². The lowest BCUT2D eigenvalue weighted by Crippen LogP contribution is -2.43. The van der Waals surface area contributed by atoms with Crippen molar-refractivity contribution in [1.29, 1.82) is 0 Å². The van der Waals surface area contributed by atoms with Crippen LogP contribution in [0.15, 0.2) is 42.5 Å². The highest BCUT2D eigenvalue weighted by atomic mass is 16.5. The number of anilines is 2. The maximum Gasteiger partial charge on any atom is 0.339 e. The monoisotopic (exact) mass is 672 g/mol. The van der Waals surface area contributed by atoms with Gasteiger partial charge in [-0.05, 0) is 62.9 Å². The van der Waals surface area contributed by atoms with Crippen LogP contribution < -0.4 is 10.2 Å². The molecule has 4 rings (SSSR count). The number of nitrogens with one attached hydrogen (secondary N) is 1.